The van der Waals surface area contributed by atoms with Gasteiger partial charge in [-0.05, 0) is 36.6 Å². The van der Waals surface area contributed by atoms with Crippen LogP contribution in [-0.2, 0) is 32.6 Å². The largest absolute Gasteiger partial charge is 0.350 e. The highest BCUT2D eigenvalue weighted by Gasteiger charge is 2.29. The number of benzene rings is 3. The molecule has 7 nitrogen and oxygen atoms in total. The third kappa shape index (κ3) is 6.97. The molecule has 3 N–H and O–H groups in total. The number of amides is 2. The lowest BCUT2D eigenvalue weighted by Gasteiger charge is -2.21. The fourth-order valence-corrected chi connectivity index (χ4v) is 4.54. The molecule has 0 radical (unpaired) electrons. The van der Waals surface area contributed by atoms with Crippen molar-refractivity contribution in [3.63, 3.8) is 0 Å². The van der Waals surface area contributed by atoms with Crippen LogP contribution in [0.4, 0.5) is 4.39 Å². The smallest absolute Gasteiger partial charge is 0.244 e. The van der Waals surface area contributed by atoms with Crippen LogP contribution in [0.1, 0.15) is 18.1 Å². The van der Waals surface area contributed by atoms with E-state index in [9.17, 15) is 22.4 Å². The molecule has 2 unspecified atom stereocenters. The lowest BCUT2D eigenvalue weighted by molar-refractivity contribution is -0.129. The monoisotopic (exact) mass is 483 g/mol. The zero-order valence-corrected chi connectivity index (χ0v) is 19.4. The van der Waals surface area contributed by atoms with Crippen LogP contribution in [0.3, 0.4) is 0 Å². The summed E-state index contributed by atoms with van der Waals surface area (Å²) in [5.74, 6) is -2.05. The summed E-state index contributed by atoms with van der Waals surface area (Å²) in [5, 5.41) is 5.29. The van der Waals surface area contributed by atoms with Crippen molar-refractivity contribution >= 4 is 21.8 Å². The van der Waals surface area contributed by atoms with Gasteiger partial charge in [0.15, 0.2) is 0 Å². The normalized spacial score (nSPS) is 13.0. The number of sulfonamides is 1. The van der Waals surface area contributed by atoms with E-state index in [0.717, 1.165) is 17.7 Å². The zero-order valence-electron chi connectivity index (χ0n) is 18.6. The molecular formula is C25H26FN3O4S. The highest BCUT2D eigenvalue weighted by Crippen LogP contribution is 2.15. The summed E-state index contributed by atoms with van der Waals surface area (Å²) in [6, 6.07) is 20.8. The molecular weight excluding hydrogens is 457 g/mol. The molecule has 3 aromatic carbocycles. The molecule has 0 fully saturated rings. The molecule has 178 valence electrons. The Labute approximate surface area is 198 Å². The molecule has 3 rings (SSSR count). The predicted molar refractivity (Wildman–Crippen MR) is 127 cm³/mol. The summed E-state index contributed by atoms with van der Waals surface area (Å²) in [4.78, 5) is 24.9. The van der Waals surface area contributed by atoms with Gasteiger partial charge in [0.05, 0.1) is 0 Å². The van der Waals surface area contributed by atoms with Gasteiger partial charge >= 0.3 is 0 Å². The van der Waals surface area contributed by atoms with Gasteiger partial charge in [0.1, 0.15) is 22.8 Å². The first-order chi connectivity index (χ1) is 16.3. The average Bonchev–Trinajstić information content (AvgIpc) is 2.83. The summed E-state index contributed by atoms with van der Waals surface area (Å²) >= 11 is 0. The third-order valence-electron chi connectivity index (χ3n) is 5.08. The van der Waals surface area contributed by atoms with E-state index in [-0.39, 0.29) is 13.0 Å². The van der Waals surface area contributed by atoms with Crippen LogP contribution in [0.2, 0.25) is 0 Å². The standard InChI is InChI=1S/C25H26FN3O4S/c1-18(24(30)27-17-20-12-6-3-7-13-20)28-25(31)22(16-19-10-4-2-5-11-19)29-34(32,33)23-15-9-8-14-21(23)26/h2-15,18,22,29H,16-17H2,1H3,(H,27,30)(H,28,31). The molecule has 0 saturated carbocycles. The molecule has 2 amide bonds. The molecule has 34 heavy (non-hydrogen) atoms. The van der Waals surface area contributed by atoms with E-state index >= 15 is 0 Å². The average molecular weight is 484 g/mol. The number of hydrogen-bond acceptors (Lipinski definition) is 4. The minimum absolute atomic E-state index is 0.0126. The summed E-state index contributed by atoms with van der Waals surface area (Å²) in [6.07, 6.45) is 0.0126. The van der Waals surface area contributed by atoms with Gasteiger partial charge in [-0.2, -0.15) is 4.72 Å². The third-order valence-corrected chi connectivity index (χ3v) is 6.59. The topological polar surface area (TPSA) is 104 Å². The second-order valence-corrected chi connectivity index (χ2v) is 9.41. The molecule has 0 saturated heterocycles. The van der Waals surface area contributed by atoms with Gasteiger partial charge in [0, 0.05) is 6.54 Å². The van der Waals surface area contributed by atoms with Crippen molar-refractivity contribution in [3.05, 3.63) is 102 Å². The maximum Gasteiger partial charge on any atom is 0.244 e. The Kier molecular flexibility index (Phi) is 8.50. The summed E-state index contributed by atoms with van der Waals surface area (Å²) < 4.78 is 42.1. The van der Waals surface area contributed by atoms with E-state index in [1.807, 2.05) is 30.3 Å². The van der Waals surface area contributed by atoms with E-state index in [1.165, 1.54) is 19.1 Å². The van der Waals surface area contributed by atoms with Gasteiger partial charge in [0.25, 0.3) is 0 Å². The van der Waals surface area contributed by atoms with Crippen molar-refractivity contribution in [1.29, 1.82) is 0 Å². The molecule has 0 aliphatic carbocycles. The van der Waals surface area contributed by atoms with Gasteiger partial charge in [-0.15, -0.1) is 0 Å². The van der Waals surface area contributed by atoms with Crippen LogP contribution < -0.4 is 15.4 Å². The zero-order chi connectivity index (χ0) is 24.6. The van der Waals surface area contributed by atoms with E-state index in [0.29, 0.717) is 5.56 Å². The number of rotatable bonds is 10. The Balaban J connectivity index is 1.72. The molecule has 3 aromatic rings. The minimum atomic E-state index is -4.34. The van der Waals surface area contributed by atoms with Crippen LogP contribution in [0.25, 0.3) is 0 Å². The van der Waals surface area contributed by atoms with E-state index in [1.54, 1.807) is 30.3 Å². The number of hydrogen-bond donors (Lipinski definition) is 3. The summed E-state index contributed by atoms with van der Waals surface area (Å²) in [6.45, 7) is 1.79. The summed E-state index contributed by atoms with van der Waals surface area (Å²) in [7, 11) is -4.34. The van der Waals surface area contributed by atoms with Crippen molar-refractivity contribution in [1.82, 2.24) is 15.4 Å². The molecule has 0 aliphatic heterocycles. The van der Waals surface area contributed by atoms with Crippen LogP contribution in [0, 0.1) is 5.82 Å². The highest BCUT2D eigenvalue weighted by atomic mass is 32.2. The van der Waals surface area contributed by atoms with E-state index < -0.39 is 44.6 Å². The van der Waals surface area contributed by atoms with Crippen LogP contribution in [0.15, 0.2) is 89.8 Å². The van der Waals surface area contributed by atoms with Gasteiger partial charge in [-0.1, -0.05) is 72.8 Å². The Hall–Kier alpha value is -3.56. The fourth-order valence-electron chi connectivity index (χ4n) is 3.27. The van der Waals surface area contributed by atoms with Crippen LogP contribution in [-0.4, -0.2) is 32.3 Å². The molecule has 0 aliphatic rings. The van der Waals surface area contributed by atoms with Gasteiger partial charge < -0.3 is 10.6 Å². The van der Waals surface area contributed by atoms with Crippen molar-refractivity contribution < 1.29 is 22.4 Å². The quantitative estimate of drug-likeness (QED) is 0.412. The Bertz CT molecular complexity index is 1220. The molecule has 0 heterocycles. The first-order valence-corrected chi connectivity index (χ1v) is 12.2. The Morgan fingerprint density at radius 2 is 1.38 bits per heavy atom. The van der Waals surface area contributed by atoms with Crippen molar-refractivity contribution in [3.8, 4) is 0 Å². The van der Waals surface area contributed by atoms with E-state index in [4.69, 9.17) is 0 Å². The lowest BCUT2D eigenvalue weighted by atomic mass is 10.1. The Morgan fingerprint density at radius 3 is 2.00 bits per heavy atom. The number of nitrogens with one attached hydrogen (secondary N) is 3. The van der Waals surface area contributed by atoms with Gasteiger partial charge in [-0.3, -0.25) is 9.59 Å². The number of carbonyl (C=O) groups excluding carboxylic acids is 2. The Morgan fingerprint density at radius 1 is 0.824 bits per heavy atom. The maximum absolute atomic E-state index is 14.1. The first kappa shape index (κ1) is 25.1. The fraction of sp³-hybridized carbons (Fsp3) is 0.200. The SMILES string of the molecule is CC(NC(=O)C(Cc1ccccc1)NS(=O)(=O)c1ccccc1F)C(=O)NCc1ccccc1. The maximum atomic E-state index is 14.1. The first-order valence-electron chi connectivity index (χ1n) is 10.7. The highest BCUT2D eigenvalue weighted by molar-refractivity contribution is 7.89. The molecule has 0 aromatic heterocycles. The van der Waals surface area contributed by atoms with Gasteiger partial charge in [-0.25, -0.2) is 12.8 Å². The second kappa shape index (κ2) is 11.5. The second-order valence-electron chi connectivity index (χ2n) is 7.73. The van der Waals surface area contributed by atoms with E-state index in [2.05, 4.69) is 15.4 Å². The van der Waals surface area contributed by atoms with Crippen molar-refractivity contribution in [2.24, 2.45) is 0 Å². The number of halogens is 1. The molecule has 0 bridgehead atoms. The lowest BCUT2D eigenvalue weighted by Crippen LogP contribution is -2.53. The molecule has 2 atom stereocenters. The van der Waals surface area contributed by atoms with Crippen LogP contribution >= 0.6 is 0 Å². The molecule has 0 spiro atoms. The van der Waals surface area contributed by atoms with Crippen molar-refractivity contribution in [2.75, 3.05) is 0 Å². The van der Waals surface area contributed by atoms with Crippen LogP contribution in [0.5, 0.6) is 0 Å². The summed E-state index contributed by atoms with van der Waals surface area (Å²) in [5.41, 5.74) is 1.59. The minimum Gasteiger partial charge on any atom is -0.350 e. The molecule has 9 heteroatoms. The predicted octanol–water partition coefficient (Wildman–Crippen LogP) is 2.54. The van der Waals surface area contributed by atoms with Crippen molar-refractivity contribution in [2.45, 2.75) is 36.9 Å². The van der Waals surface area contributed by atoms with Gasteiger partial charge in [0.2, 0.25) is 21.8 Å². The number of carbonyl (C=O) groups is 2.